The van der Waals surface area contributed by atoms with Crippen LogP contribution in [0.15, 0.2) is 29.8 Å². The summed E-state index contributed by atoms with van der Waals surface area (Å²) in [5, 5.41) is 5.53. The van der Waals surface area contributed by atoms with Gasteiger partial charge in [0.25, 0.3) is 5.91 Å². The number of rotatable bonds is 3. The van der Waals surface area contributed by atoms with E-state index in [0.29, 0.717) is 5.69 Å². The van der Waals surface area contributed by atoms with Crippen molar-refractivity contribution < 1.29 is 4.79 Å². The predicted molar refractivity (Wildman–Crippen MR) is 78.9 cm³/mol. The van der Waals surface area contributed by atoms with Crippen molar-refractivity contribution in [3.8, 4) is 0 Å². The maximum atomic E-state index is 12.6. The molecule has 1 fully saturated rings. The van der Waals surface area contributed by atoms with E-state index >= 15 is 0 Å². The van der Waals surface area contributed by atoms with Gasteiger partial charge in [0.2, 0.25) is 0 Å². The summed E-state index contributed by atoms with van der Waals surface area (Å²) < 4.78 is 0. The lowest BCUT2D eigenvalue weighted by molar-refractivity contribution is 0.0728. The van der Waals surface area contributed by atoms with E-state index in [1.54, 1.807) is 13.2 Å². The molecule has 3 heterocycles. The van der Waals surface area contributed by atoms with Crippen molar-refractivity contribution in [2.45, 2.75) is 18.9 Å². The number of nitrogens with zero attached hydrogens (tertiary/aromatic N) is 3. The van der Waals surface area contributed by atoms with Crippen molar-refractivity contribution in [2.24, 2.45) is 0 Å². The lowest BCUT2D eigenvalue weighted by Gasteiger charge is -2.23. The Morgan fingerprint density at radius 2 is 2.40 bits per heavy atom. The van der Waals surface area contributed by atoms with E-state index in [4.69, 9.17) is 0 Å². The van der Waals surface area contributed by atoms with Gasteiger partial charge in [-0.1, -0.05) is 6.07 Å². The van der Waals surface area contributed by atoms with Gasteiger partial charge in [-0.05, 0) is 25.0 Å². The molecule has 20 heavy (non-hydrogen) atoms. The third-order valence-electron chi connectivity index (χ3n) is 3.48. The fourth-order valence-corrected chi connectivity index (χ4v) is 3.17. The molecule has 0 aliphatic carbocycles. The van der Waals surface area contributed by atoms with Gasteiger partial charge in [0, 0.05) is 25.2 Å². The Morgan fingerprint density at radius 1 is 1.50 bits per heavy atom. The Bertz CT molecular complexity index is 598. The van der Waals surface area contributed by atoms with Crippen LogP contribution in [0.5, 0.6) is 0 Å². The number of carbonyl (C=O) groups is 1. The quantitative estimate of drug-likeness (QED) is 0.943. The number of nitrogens with one attached hydrogen (secondary N) is 1. The zero-order valence-electron chi connectivity index (χ0n) is 11.2. The molecule has 6 heteroatoms. The first-order valence-electron chi connectivity index (χ1n) is 6.65. The molecule has 2 aromatic heterocycles. The molecule has 1 unspecified atom stereocenters. The summed E-state index contributed by atoms with van der Waals surface area (Å²) in [7, 11) is 1.81. The Hall–Kier alpha value is -1.95. The van der Waals surface area contributed by atoms with E-state index in [0.717, 1.165) is 30.2 Å². The molecule has 0 bridgehead atoms. The van der Waals surface area contributed by atoms with Gasteiger partial charge >= 0.3 is 0 Å². The van der Waals surface area contributed by atoms with E-state index in [1.165, 1.54) is 11.3 Å². The Morgan fingerprint density at radius 3 is 3.10 bits per heavy atom. The van der Waals surface area contributed by atoms with Crippen LogP contribution in [0.25, 0.3) is 0 Å². The van der Waals surface area contributed by atoms with E-state index in [1.807, 2.05) is 28.5 Å². The van der Waals surface area contributed by atoms with E-state index in [-0.39, 0.29) is 11.9 Å². The van der Waals surface area contributed by atoms with Gasteiger partial charge in [-0.15, -0.1) is 11.3 Å². The van der Waals surface area contributed by atoms with Crippen LogP contribution in [0.1, 0.15) is 35.1 Å². The maximum Gasteiger partial charge on any atom is 0.273 e. The predicted octanol–water partition coefficient (Wildman–Crippen LogP) is 2.56. The molecule has 2 aromatic rings. The van der Waals surface area contributed by atoms with E-state index < -0.39 is 0 Å². The minimum Gasteiger partial charge on any atom is -0.365 e. The van der Waals surface area contributed by atoms with Crippen molar-refractivity contribution in [3.63, 3.8) is 0 Å². The van der Waals surface area contributed by atoms with Crippen molar-refractivity contribution in [1.82, 2.24) is 14.9 Å². The molecule has 3 rings (SSSR count). The Labute approximate surface area is 121 Å². The lowest BCUT2D eigenvalue weighted by atomic mass is 10.1. The van der Waals surface area contributed by atoms with Gasteiger partial charge in [0.1, 0.15) is 5.69 Å². The first-order chi connectivity index (χ1) is 9.79. The number of hydrogen-bond donors (Lipinski definition) is 1. The van der Waals surface area contributed by atoms with Gasteiger partial charge in [0.15, 0.2) is 5.13 Å². The summed E-state index contributed by atoms with van der Waals surface area (Å²) in [6, 6.07) is 5.91. The fraction of sp³-hybridized carbons (Fsp3) is 0.357. The largest absolute Gasteiger partial charge is 0.365 e. The smallest absolute Gasteiger partial charge is 0.273 e. The van der Waals surface area contributed by atoms with Crippen molar-refractivity contribution in [3.05, 3.63) is 41.2 Å². The van der Waals surface area contributed by atoms with Crippen LogP contribution in [0.3, 0.4) is 0 Å². The highest BCUT2D eigenvalue weighted by atomic mass is 32.1. The van der Waals surface area contributed by atoms with Crippen LogP contribution in [-0.4, -0.2) is 34.4 Å². The second-order valence-electron chi connectivity index (χ2n) is 4.70. The molecular formula is C14H16N4OS. The molecule has 5 nitrogen and oxygen atoms in total. The molecule has 1 saturated heterocycles. The summed E-state index contributed by atoms with van der Waals surface area (Å²) in [5.41, 5.74) is 1.48. The van der Waals surface area contributed by atoms with Crippen LogP contribution in [0.4, 0.5) is 5.13 Å². The first-order valence-corrected chi connectivity index (χ1v) is 7.52. The van der Waals surface area contributed by atoms with Crippen molar-refractivity contribution >= 4 is 22.4 Å². The van der Waals surface area contributed by atoms with Gasteiger partial charge in [-0.2, -0.15) is 0 Å². The third kappa shape index (κ3) is 2.38. The highest BCUT2D eigenvalue weighted by molar-refractivity contribution is 7.13. The molecular weight excluding hydrogens is 272 g/mol. The normalized spacial score (nSPS) is 18.2. The molecule has 1 aliphatic rings. The van der Waals surface area contributed by atoms with E-state index in [2.05, 4.69) is 15.3 Å². The van der Waals surface area contributed by atoms with Gasteiger partial charge in [-0.25, -0.2) is 4.98 Å². The number of aromatic nitrogens is 2. The second-order valence-corrected chi connectivity index (χ2v) is 5.56. The molecule has 1 amide bonds. The minimum absolute atomic E-state index is 0.00379. The van der Waals surface area contributed by atoms with Crippen molar-refractivity contribution in [2.75, 3.05) is 18.9 Å². The molecule has 0 aromatic carbocycles. The summed E-state index contributed by atoms with van der Waals surface area (Å²) in [4.78, 5) is 23.1. The highest BCUT2D eigenvalue weighted by Crippen LogP contribution is 2.32. The summed E-state index contributed by atoms with van der Waals surface area (Å²) in [6.07, 6.45) is 3.75. The second kappa shape index (κ2) is 5.58. The minimum atomic E-state index is -0.00379. The van der Waals surface area contributed by atoms with Gasteiger partial charge < -0.3 is 10.2 Å². The van der Waals surface area contributed by atoms with Gasteiger partial charge in [0.05, 0.1) is 11.7 Å². The third-order valence-corrected chi connectivity index (χ3v) is 4.34. The number of carbonyl (C=O) groups excluding carboxylic acids is 1. The number of amides is 1. The maximum absolute atomic E-state index is 12.6. The molecule has 0 saturated carbocycles. The van der Waals surface area contributed by atoms with E-state index in [9.17, 15) is 4.79 Å². The number of likely N-dealkylation sites (tertiary alicyclic amines) is 1. The molecule has 1 atom stereocenters. The molecule has 1 N–H and O–H groups in total. The SMILES string of the molecule is CNc1nc(C(=O)N2CCCC2c2ccccn2)cs1. The highest BCUT2D eigenvalue weighted by Gasteiger charge is 2.32. The topological polar surface area (TPSA) is 58.1 Å². The van der Waals surface area contributed by atoms with Crippen LogP contribution < -0.4 is 5.32 Å². The van der Waals surface area contributed by atoms with Crippen LogP contribution in [0.2, 0.25) is 0 Å². The average molecular weight is 288 g/mol. The summed E-state index contributed by atoms with van der Waals surface area (Å²) in [6.45, 7) is 0.770. The van der Waals surface area contributed by atoms with Crippen molar-refractivity contribution in [1.29, 1.82) is 0 Å². The average Bonchev–Trinajstić information content (AvgIpc) is 3.16. The van der Waals surface area contributed by atoms with Crippen LogP contribution in [0, 0.1) is 0 Å². The van der Waals surface area contributed by atoms with Gasteiger partial charge in [-0.3, -0.25) is 9.78 Å². The number of anilines is 1. The summed E-state index contributed by atoms with van der Waals surface area (Å²) >= 11 is 1.45. The fourth-order valence-electron chi connectivity index (χ4n) is 2.52. The number of thiazole rings is 1. The Kier molecular flexibility index (Phi) is 3.64. The molecule has 104 valence electrons. The standard InChI is InChI=1S/C14H16N4OS/c1-15-14-17-11(9-20-14)13(19)18-8-4-6-12(18)10-5-2-3-7-16-10/h2-3,5,7,9,12H,4,6,8H2,1H3,(H,15,17). The number of pyridine rings is 1. The molecule has 1 aliphatic heterocycles. The number of hydrogen-bond acceptors (Lipinski definition) is 5. The van der Waals surface area contributed by atoms with Crippen LogP contribution >= 0.6 is 11.3 Å². The summed E-state index contributed by atoms with van der Waals surface area (Å²) in [5.74, 6) is -0.00379. The monoisotopic (exact) mass is 288 g/mol. The van der Waals surface area contributed by atoms with Crippen LogP contribution in [-0.2, 0) is 0 Å². The Balaban J connectivity index is 1.83. The zero-order chi connectivity index (χ0) is 13.9. The first kappa shape index (κ1) is 13.1. The molecule has 0 spiro atoms. The zero-order valence-corrected chi connectivity index (χ0v) is 12.1. The lowest BCUT2D eigenvalue weighted by Crippen LogP contribution is -2.31. The molecule has 0 radical (unpaired) electrons.